The summed E-state index contributed by atoms with van der Waals surface area (Å²) in [6.07, 6.45) is -0.653. The van der Waals surface area contributed by atoms with E-state index in [-0.39, 0.29) is 12.2 Å². The van der Waals surface area contributed by atoms with Crippen LogP contribution in [0.5, 0.6) is 11.5 Å². The van der Waals surface area contributed by atoms with E-state index in [1.54, 1.807) is 0 Å². The summed E-state index contributed by atoms with van der Waals surface area (Å²) in [5, 5.41) is 10.1. The Hall–Kier alpha value is -1.26. The zero-order valence-corrected chi connectivity index (χ0v) is 11.1. The maximum absolute atomic E-state index is 10.1. The van der Waals surface area contributed by atoms with Gasteiger partial charge >= 0.3 is 0 Å². The van der Waals surface area contributed by atoms with Crippen LogP contribution in [0.25, 0.3) is 0 Å². The molecule has 1 aromatic rings. The molecule has 0 spiro atoms. The van der Waals surface area contributed by atoms with Crippen LogP contribution in [0.2, 0.25) is 0 Å². The molecule has 0 radical (unpaired) electrons. The fourth-order valence-electron chi connectivity index (χ4n) is 1.69. The predicted molar refractivity (Wildman–Crippen MR) is 68.1 cm³/mol. The molecule has 0 saturated heterocycles. The number of aliphatic hydroxyl groups is 1. The summed E-state index contributed by atoms with van der Waals surface area (Å²) in [6.45, 7) is 7.27. The summed E-state index contributed by atoms with van der Waals surface area (Å²) < 4.78 is 16.5. The Bertz CT molecular complexity index is 409. The Morgan fingerprint density at radius 1 is 1.22 bits per heavy atom. The van der Waals surface area contributed by atoms with E-state index in [4.69, 9.17) is 14.2 Å². The lowest BCUT2D eigenvalue weighted by molar-refractivity contribution is -0.0497. The van der Waals surface area contributed by atoms with Crippen molar-refractivity contribution in [3.63, 3.8) is 0 Å². The average Bonchev–Trinajstić information content (AvgIpc) is 2.34. The molecule has 0 bridgehead atoms. The molecule has 1 unspecified atom stereocenters. The standard InChI is InChI=1S/C14H20O4/c1-14(2,3)18-9-11(15)10-4-5-12-13(8-10)17-7-6-16-12/h4-5,8,11,15H,6-7,9H2,1-3H3. The van der Waals surface area contributed by atoms with E-state index in [0.717, 1.165) is 11.3 Å². The van der Waals surface area contributed by atoms with Gasteiger partial charge in [0.05, 0.1) is 12.2 Å². The van der Waals surface area contributed by atoms with E-state index >= 15 is 0 Å². The van der Waals surface area contributed by atoms with Gasteiger partial charge in [0.15, 0.2) is 11.5 Å². The summed E-state index contributed by atoms with van der Waals surface area (Å²) in [4.78, 5) is 0. The van der Waals surface area contributed by atoms with Crippen molar-refractivity contribution in [1.82, 2.24) is 0 Å². The van der Waals surface area contributed by atoms with Gasteiger partial charge in [0, 0.05) is 0 Å². The van der Waals surface area contributed by atoms with Gasteiger partial charge in [-0.3, -0.25) is 0 Å². The zero-order chi connectivity index (χ0) is 13.2. The summed E-state index contributed by atoms with van der Waals surface area (Å²) in [5.41, 5.74) is 0.526. The maximum atomic E-state index is 10.1. The number of benzene rings is 1. The molecule has 1 heterocycles. The Kier molecular flexibility index (Phi) is 3.78. The molecule has 4 nitrogen and oxygen atoms in total. The SMILES string of the molecule is CC(C)(C)OCC(O)c1ccc2c(c1)OCCO2. The molecule has 2 rings (SSSR count). The number of hydrogen-bond acceptors (Lipinski definition) is 4. The van der Waals surface area contributed by atoms with Gasteiger partial charge in [-0.05, 0) is 38.5 Å². The molecule has 1 N–H and O–H groups in total. The van der Waals surface area contributed by atoms with Crippen LogP contribution in [0.15, 0.2) is 18.2 Å². The van der Waals surface area contributed by atoms with Crippen molar-refractivity contribution in [3.8, 4) is 11.5 Å². The van der Waals surface area contributed by atoms with Crippen molar-refractivity contribution >= 4 is 0 Å². The van der Waals surface area contributed by atoms with Gasteiger partial charge < -0.3 is 19.3 Å². The highest BCUT2D eigenvalue weighted by molar-refractivity contribution is 5.44. The fourth-order valence-corrected chi connectivity index (χ4v) is 1.69. The normalized spacial score (nSPS) is 16.4. The lowest BCUT2D eigenvalue weighted by atomic mass is 10.1. The van der Waals surface area contributed by atoms with Crippen LogP contribution >= 0.6 is 0 Å². The Balaban J connectivity index is 2.04. The molecule has 4 heteroatoms. The second kappa shape index (κ2) is 5.16. The van der Waals surface area contributed by atoms with Crippen molar-refractivity contribution in [1.29, 1.82) is 0 Å². The van der Waals surface area contributed by atoms with E-state index in [1.807, 2.05) is 39.0 Å². The largest absolute Gasteiger partial charge is 0.486 e. The van der Waals surface area contributed by atoms with Crippen LogP contribution < -0.4 is 9.47 Å². The van der Waals surface area contributed by atoms with Crippen LogP contribution in [0.4, 0.5) is 0 Å². The Morgan fingerprint density at radius 2 is 1.89 bits per heavy atom. The lowest BCUT2D eigenvalue weighted by Crippen LogP contribution is -2.23. The number of fused-ring (bicyclic) bond motifs is 1. The zero-order valence-electron chi connectivity index (χ0n) is 11.1. The first-order chi connectivity index (χ1) is 8.46. The molecule has 0 fully saturated rings. The molecule has 0 saturated carbocycles. The van der Waals surface area contributed by atoms with E-state index in [0.29, 0.717) is 19.0 Å². The molecule has 0 aromatic heterocycles. The first-order valence-corrected chi connectivity index (χ1v) is 6.17. The van der Waals surface area contributed by atoms with Crippen molar-refractivity contribution in [2.45, 2.75) is 32.5 Å². The molecular weight excluding hydrogens is 232 g/mol. The molecule has 1 atom stereocenters. The summed E-state index contributed by atoms with van der Waals surface area (Å²) in [6, 6.07) is 5.47. The summed E-state index contributed by atoms with van der Waals surface area (Å²) in [5.74, 6) is 1.42. The first kappa shape index (κ1) is 13.2. The summed E-state index contributed by atoms with van der Waals surface area (Å²) >= 11 is 0. The van der Waals surface area contributed by atoms with Gasteiger partial charge in [-0.25, -0.2) is 0 Å². The average molecular weight is 252 g/mol. The van der Waals surface area contributed by atoms with Crippen LogP contribution in [0, 0.1) is 0 Å². The second-order valence-corrected chi connectivity index (χ2v) is 5.34. The van der Waals surface area contributed by atoms with Crippen molar-refractivity contribution in [2.24, 2.45) is 0 Å². The third-order valence-corrected chi connectivity index (χ3v) is 2.63. The maximum Gasteiger partial charge on any atom is 0.161 e. The van der Waals surface area contributed by atoms with Gasteiger partial charge in [0.25, 0.3) is 0 Å². The highest BCUT2D eigenvalue weighted by Crippen LogP contribution is 2.32. The molecule has 1 aliphatic rings. The quantitative estimate of drug-likeness (QED) is 0.896. The molecule has 0 amide bonds. The van der Waals surface area contributed by atoms with Crippen LogP contribution in [0.1, 0.15) is 32.4 Å². The number of rotatable bonds is 3. The van der Waals surface area contributed by atoms with Gasteiger partial charge in [-0.15, -0.1) is 0 Å². The third kappa shape index (κ3) is 3.37. The number of ether oxygens (including phenoxy) is 3. The van der Waals surface area contributed by atoms with Gasteiger partial charge in [-0.1, -0.05) is 6.07 Å². The minimum absolute atomic E-state index is 0.255. The minimum atomic E-state index is -0.653. The summed E-state index contributed by atoms with van der Waals surface area (Å²) in [7, 11) is 0. The van der Waals surface area contributed by atoms with E-state index in [9.17, 15) is 5.11 Å². The highest BCUT2D eigenvalue weighted by Gasteiger charge is 2.18. The molecule has 0 aliphatic carbocycles. The monoisotopic (exact) mass is 252 g/mol. The van der Waals surface area contributed by atoms with Crippen molar-refractivity contribution < 1.29 is 19.3 Å². The van der Waals surface area contributed by atoms with Crippen molar-refractivity contribution in [3.05, 3.63) is 23.8 Å². The molecule has 1 aromatic carbocycles. The van der Waals surface area contributed by atoms with E-state index in [1.165, 1.54) is 0 Å². The van der Waals surface area contributed by atoms with Gasteiger partial charge in [-0.2, -0.15) is 0 Å². The minimum Gasteiger partial charge on any atom is -0.486 e. The third-order valence-electron chi connectivity index (χ3n) is 2.63. The molecule has 18 heavy (non-hydrogen) atoms. The predicted octanol–water partition coefficient (Wildman–Crippen LogP) is 2.31. The molecular formula is C14H20O4. The van der Waals surface area contributed by atoms with E-state index in [2.05, 4.69) is 0 Å². The van der Waals surface area contributed by atoms with Crippen molar-refractivity contribution in [2.75, 3.05) is 19.8 Å². The lowest BCUT2D eigenvalue weighted by Gasteiger charge is -2.23. The van der Waals surface area contributed by atoms with Crippen LogP contribution in [-0.4, -0.2) is 30.5 Å². The molecule has 1 aliphatic heterocycles. The number of hydrogen-bond donors (Lipinski definition) is 1. The van der Waals surface area contributed by atoms with Crippen LogP contribution in [0.3, 0.4) is 0 Å². The first-order valence-electron chi connectivity index (χ1n) is 6.17. The number of aliphatic hydroxyl groups excluding tert-OH is 1. The van der Waals surface area contributed by atoms with Crippen LogP contribution in [-0.2, 0) is 4.74 Å². The Labute approximate surface area is 107 Å². The smallest absolute Gasteiger partial charge is 0.161 e. The topological polar surface area (TPSA) is 47.9 Å². The fraction of sp³-hybridized carbons (Fsp3) is 0.571. The second-order valence-electron chi connectivity index (χ2n) is 5.34. The van der Waals surface area contributed by atoms with Gasteiger partial charge in [0.1, 0.15) is 19.3 Å². The molecule has 100 valence electrons. The highest BCUT2D eigenvalue weighted by atomic mass is 16.6. The Morgan fingerprint density at radius 3 is 2.56 bits per heavy atom. The van der Waals surface area contributed by atoms with Gasteiger partial charge in [0.2, 0.25) is 0 Å². The van der Waals surface area contributed by atoms with E-state index < -0.39 is 6.10 Å².